The zero-order valence-electron chi connectivity index (χ0n) is 29.4. The normalized spacial score (nSPS) is 23.5. The number of nitrogens with one attached hydrogen (secondary N) is 1. The van der Waals surface area contributed by atoms with Crippen molar-refractivity contribution in [1.29, 1.82) is 0 Å². The molecule has 0 saturated carbocycles. The third kappa shape index (κ3) is 20.0. The Morgan fingerprint density at radius 1 is 0.750 bits per heavy atom. The molecule has 7 N–H and O–H groups in total. The van der Waals surface area contributed by atoms with Gasteiger partial charge in [0.1, 0.15) is 30.5 Å². The molecule has 1 heterocycles. The van der Waals surface area contributed by atoms with Crippen molar-refractivity contribution < 1.29 is 57.0 Å². The van der Waals surface area contributed by atoms with Crippen LogP contribution in [0.3, 0.4) is 0 Å². The molecule has 0 aliphatic carbocycles. The summed E-state index contributed by atoms with van der Waals surface area (Å²) in [5.41, 5.74) is 0. The molecule has 13 nitrogen and oxygen atoms in total. The quantitative estimate of drug-likeness (QED) is 0.0415. The first-order chi connectivity index (χ1) is 22.9. The molecule has 1 amide bonds. The minimum absolute atomic E-state index is 0.264. The monoisotopic (exact) mass is 713 g/mol. The summed E-state index contributed by atoms with van der Waals surface area (Å²) in [6.07, 6.45) is 10.5. The lowest BCUT2D eigenvalue weighted by Crippen LogP contribution is -2.61. The molecule has 0 bridgehead atoms. The number of aliphatic hydroxyl groups excluding tert-OH is 5. The third-order valence-electron chi connectivity index (χ3n) is 9.02. The van der Waals surface area contributed by atoms with Gasteiger partial charge in [0.2, 0.25) is 5.91 Å². The summed E-state index contributed by atoms with van der Waals surface area (Å²) in [6, 6.07) is -1.02. The van der Waals surface area contributed by atoms with Gasteiger partial charge in [-0.15, -0.1) is 0 Å². The fourth-order valence-corrected chi connectivity index (χ4v) is 6.50. The number of ether oxygens (including phenoxy) is 2. The first-order valence-electron chi connectivity index (χ1n) is 18.5. The molecule has 0 spiro atoms. The molecule has 14 heteroatoms. The molecule has 1 rings (SSSR count). The second-order valence-corrected chi connectivity index (χ2v) is 14.4. The number of rotatable bonds is 30. The lowest BCUT2D eigenvalue weighted by molar-refractivity contribution is -0.298. The fourth-order valence-electron chi connectivity index (χ4n) is 5.99. The van der Waals surface area contributed by atoms with Crippen molar-refractivity contribution in [3.8, 4) is 0 Å². The molecule has 48 heavy (non-hydrogen) atoms. The highest BCUT2D eigenvalue weighted by Gasteiger charge is 2.48. The molecule has 1 aliphatic rings. The highest BCUT2D eigenvalue weighted by molar-refractivity contribution is 7.80. The van der Waals surface area contributed by atoms with Crippen LogP contribution in [-0.2, 0) is 28.9 Å². The van der Waals surface area contributed by atoms with E-state index in [0.717, 1.165) is 44.9 Å². The zero-order chi connectivity index (χ0) is 35.8. The summed E-state index contributed by atoms with van der Waals surface area (Å²) in [5.74, 6) is -0.674. The van der Waals surface area contributed by atoms with Gasteiger partial charge in [-0.25, -0.2) is 4.18 Å². The van der Waals surface area contributed by atoms with Gasteiger partial charge in [0.15, 0.2) is 6.29 Å². The zero-order valence-corrected chi connectivity index (χ0v) is 30.2. The number of amides is 1. The third-order valence-corrected chi connectivity index (χ3v) is 9.49. The standard InChI is InChI=1S/C34H67NO12S/c1-3-5-7-9-11-13-14-15-17-19-21-23-28(38)33(41)35-26(27(37)22-20-18-16-12-10-8-6-4-2)25-45-34-31(40)32(47-48(42,43)44)30(39)29(24-36)46-34/h26-32,34,36-40H,3-25H2,1-2H3,(H,35,41)(H,42,43,44). The van der Waals surface area contributed by atoms with Crippen molar-refractivity contribution in [2.75, 3.05) is 13.2 Å². The van der Waals surface area contributed by atoms with Crippen molar-refractivity contribution in [2.45, 2.75) is 198 Å². The van der Waals surface area contributed by atoms with E-state index in [0.29, 0.717) is 19.3 Å². The van der Waals surface area contributed by atoms with Crippen LogP contribution < -0.4 is 5.32 Å². The summed E-state index contributed by atoms with van der Waals surface area (Å²) in [4.78, 5) is 12.9. The van der Waals surface area contributed by atoms with Crippen molar-refractivity contribution in [3.05, 3.63) is 0 Å². The summed E-state index contributed by atoms with van der Waals surface area (Å²) >= 11 is 0. The largest absolute Gasteiger partial charge is 0.397 e. The van der Waals surface area contributed by atoms with E-state index in [1.54, 1.807) is 0 Å². The molecular formula is C34H67NO12S. The van der Waals surface area contributed by atoms with Crippen LogP contribution in [0.15, 0.2) is 0 Å². The molecular weight excluding hydrogens is 646 g/mol. The van der Waals surface area contributed by atoms with Gasteiger partial charge >= 0.3 is 10.4 Å². The van der Waals surface area contributed by atoms with E-state index in [1.165, 1.54) is 64.2 Å². The van der Waals surface area contributed by atoms with Gasteiger partial charge in [0, 0.05) is 0 Å². The topological polar surface area (TPSA) is 212 Å². The van der Waals surface area contributed by atoms with Gasteiger partial charge in [-0.05, 0) is 12.8 Å². The number of carbonyl (C=O) groups is 1. The smallest absolute Gasteiger partial charge is 0.394 e. The number of hydrogen-bond donors (Lipinski definition) is 7. The number of unbranched alkanes of at least 4 members (excludes halogenated alkanes) is 17. The number of hydrogen-bond acceptors (Lipinski definition) is 11. The molecule has 8 atom stereocenters. The van der Waals surface area contributed by atoms with Crippen LogP contribution in [0.2, 0.25) is 0 Å². The van der Waals surface area contributed by atoms with Crippen molar-refractivity contribution in [2.24, 2.45) is 0 Å². The SMILES string of the molecule is CCCCCCCCCCCCCC(O)C(=O)NC(COC1OC(CO)C(O)C(OS(=O)(=O)O)C1O)C(O)CCCCCCCCCC. The predicted molar refractivity (Wildman–Crippen MR) is 182 cm³/mol. The first kappa shape index (κ1) is 45.1. The Morgan fingerprint density at radius 2 is 1.21 bits per heavy atom. The van der Waals surface area contributed by atoms with Gasteiger partial charge in [-0.2, -0.15) is 8.42 Å². The molecule has 1 fully saturated rings. The lowest BCUT2D eigenvalue weighted by Gasteiger charge is -2.41. The Balaban J connectivity index is 2.69. The highest BCUT2D eigenvalue weighted by atomic mass is 32.3. The molecule has 1 saturated heterocycles. The van der Waals surface area contributed by atoms with Gasteiger partial charge in [0.25, 0.3) is 0 Å². The van der Waals surface area contributed by atoms with Crippen molar-refractivity contribution in [3.63, 3.8) is 0 Å². The Morgan fingerprint density at radius 3 is 1.67 bits per heavy atom. The molecule has 0 aromatic heterocycles. The molecule has 8 unspecified atom stereocenters. The van der Waals surface area contributed by atoms with Crippen LogP contribution in [0.4, 0.5) is 0 Å². The minimum Gasteiger partial charge on any atom is -0.394 e. The summed E-state index contributed by atoms with van der Waals surface area (Å²) in [6.45, 7) is 3.18. The van der Waals surface area contributed by atoms with E-state index >= 15 is 0 Å². The van der Waals surface area contributed by atoms with E-state index in [2.05, 4.69) is 23.3 Å². The fraction of sp³-hybridized carbons (Fsp3) is 0.971. The van der Waals surface area contributed by atoms with Gasteiger partial charge in [-0.3, -0.25) is 9.35 Å². The Bertz CT molecular complexity index is 911. The summed E-state index contributed by atoms with van der Waals surface area (Å²) in [7, 11) is -5.09. The number of aliphatic hydroxyl groups is 5. The van der Waals surface area contributed by atoms with E-state index in [4.69, 9.17) is 14.0 Å². The Kier molecular flexibility index (Phi) is 25.2. The van der Waals surface area contributed by atoms with E-state index in [9.17, 15) is 38.7 Å². The number of carbonyl (C=O) groups excluding carboxylic acids is 1. The van der Waals surface area contributed by atoms with Crippen LogP contribution in [0, 0.1) is 0 Å². The van der Waals surface area contributed by atoms with Gasteiger partial charge in [-0.1, -0.05) is 136 Å². The molecule has 286 valence electrons. The molecule has 0 aromatic carbocycles. The van der Waals surface area contributed by atoms with Crippen LogP contribution in [0.25, 0.3) is 0 Å². The second kappa shape index (κ2) is 26.8. The Hall–Kier alpha value is -0.940. The average Bonchev–Trinajstić information content (AvgIpc) is 3.05. The average molecular weight is 714 g/mol. The van der Waals surface area contributed by atoms with Crippen molar-refractivity contribution in [1.82, 2.24) is 5.32 Å². The van der Waals surface area contributed by atoms with Crippen LogP contribution in [0.1, 0.15) is 149 Å². The highest BCUT2D eigenvalue weighted by Crippen LogP contribution is 2.26. The van der Waals surface area contributed by atoms with E-state index in [-0.39, 0.29) is 6.42 Å². The first-order valence-corrected chi connectivity index (χ1v) is 19.9. The predicted octanol–water partition coefficient (Wildman–Crippen LogP) is 4.07. The van der Waals surface area contributed by atoms with Crippen LogP contribution in [-0.4, -0.2) is 107 Å². The lowest BCUT2D eigenvalue weighted by atomic mass is 9.99. The molecule has 0 radical (unpaired) electrons. The van der Waals surface area contributed by atoms with Gasteiger partial charge in [0.05, 0.1) is 25.4 Å². The van der Waals surface area contributed by atoms with E-state index in [1.807, 2.05) is 0 Å². The van der Waals surface area contributed by atoms with Crippen molar-refractivity contribution >= 4 is 16.3 Å². The van der Waals surface area contributed by atoms with E-state index < -0.39 is 78.5 Å². The summed E-state index contributed by atoms with van der Waals surface area (Å²) in [5, 5.41) is 54.8. The molecule has 0 aromatic rings. The second-order valence-electron chi connectivity index (χ2n) is 13.3. The molecule has 1 aliphatic heterocycles. The maximum Gasteiger partial charge on any atom is 0.397 e. The van der Waals surface area contributed by atoms with Crippen LogP contribution >= 0.6 is 0 Å². The Labute approximate surface area is 289 Å². The maximum absolute atomic E-state index is 12.9. The van der Waals surface area contributed by atoms with Crippen LogP contribution in [0.5, 0.6) is 0 Å². The minimum atomic E-state index is -5.09. The maximum atomic E-state index is 12.9. The summed E-state index contributed by atoms with van der Waals surface area (Å²) < 4.78 is 47.2. The van der Waals surface area contributed by atoms with Gasteiger partial charge < -0.3 is 40.3 Å².